The van der Waals surface area contributed by atoms with Gasteiger partial charge in [-0.15, -0.1) is 0 Å². The second-order valence-electron chi connectivity index (χ2n) is 8.88. The van der Waals surface area contributed by atoms with Crippen molar-refractivity contribution in [3.63, 3.8) is 0 Å². The second-order valence-corrected chi connectivity index (χ2v) is 8.88. The van der Waals surface area contributed by atoms with Crippen molar-refractivity contribution in [2.24, 2.45) is 5.41 Å². The van der Waals surface area contributed by atoms with Crippen LogP contribution in [-0.2, 0) is 15.1 Å². The highest BCUT2D eigenvalue weighted by Gasteiger charge is 2.43. The van der Waals surface area contributed by atoms with Gasteiger partial charge >= 0.3 is 5.97 Å². The third-order valence-electron chi connectivity index (χ3n) is 6.61. The molecule has 1 saturated carbocycles. The van der Waals surface area contributed by atoms with Crippen LogP contribution >= 0.6 is 0 Å². The molecule has 28 heavy (non-hydrogen) atoms. The summed E-state index contributed by atoms with van der Waals surface area (Å²) in [5, 5.41) is 4.86. The highest BCUT2D eigenvalue weighted by atomic mass is 16.6. The molecule has 146 valence electrons. The number of carbonyl (C=O) groups excluding carboxylic acids is 1. The van der Waals surface area contributed by atoms with Gasteiger partial charge in [0.05, 0.1) is 5.41 Å². The maximum Gasteiger partial charge on any atom is 0.312 e. The van der Waals surface area contributed by atoms with E-state index in [0.717, 1.165) is 32.1 Å². The maximum atomic E-state index is 13.2. The third-order valence-corrected chi connectivity index (χ3v) is 6.61. The smallest absolute Gasteiger partial charge is 0.312 e. The monoisotopic (exact) mass is 374 g/mol. The molecule has 0 atom stereocenters. The molecule has 3 aromatic carbocycles. The number of ether oxygens (including phenoxy) is 1. The third kappa shape index (κ3) is 3.19. The summed E-state index contributed by atoms with van der Waals surface area (Å²) < 4.78 is 6.50. The number of esters is 1. The Morgan fingerprint density at radius 3 is 2.00 bits per heavy atom. The summed E-state index contributed by atoms with van der Waals surface area (Å²) in [7, 11) is 0. The molecule has 0 amide bonds. The number of hydrogen-bond donors (Lipinski definition) is 0. The zero-order valence-electron chi connectivity index (χ0n) is 17.3. The van der Waals surface area contributed by atoms with Gasteiger partial charge < -0.3 is 4.74 Å². The van der Waals surface area contributed by atoms with E-state index in [9.17, 15) is 4.79 Å². The number of fused-ring (bicyclic) bond motifs is 2. The predicted octanol–water partition coefficient (Wildman–Crippen LogP) is 7.13. The predicted molar refractivity (Wildman–Crippen MR) is 116 cm³/mol. The quantitative estimate of drug-likeness (QED) is 0.358. The molecule has 0 aromatic heterocycles. The van der Waals surface area contributed by atoms with Crippen molar-refractivity contribution >= 4 is 27.5 Å². The van der Waals surface area contributed by atoms with Gasteiger partial charge in [0.15, 0.2) is 0 Å². The summed E-state index contributed by atoms with van der Waals surface area (Å²) in [6.45, 7) is 6.04. The van der Waals surface area contributed by atoms with Crippen LogP contribution in [0.5, 0.6) is 0 Å². The summed E-state index contributed by atoms with van der Waals surface area (Å²) in [5.41, 5.74) is 0.203. The second kappa shape index (κ2) is 7.24. The molecule has 0 saturated heterocycles. The zero-order chi connectivity index (χ0) is 19.8. The van der Waals surface area contributed by atoms with Crippen molar-refractivity contribution in [3.05, 3.63) is 60.2 Å². The lowest BCUT2D eigenvalue weighted by atomic mass is 9.75. The van der Waals surface area contributed by atoms with E-state index in [1.54, 1.807) is 0 Å². The molecular formula is C26H30O2. The van der Waals surface area contributed by atoms with Gasteiger partial charge in [-0.25, -0.2) is 0 Å². The topological polar surface area (TPSA) is 26.3 Å². The Balaban J connectivity index is 1.98. The maximum absolute atomic E-state index is 13.2. The molecular weight excluding hydrogens is 344 g/mol. The van der Waals surface area contributed by atoms with E-state index in [1.807, 2.05) is 13.8 Å². The van der Waals surface area contributed by atoms with Crippen molar-refractivity contribution in [2.75, 3.05) is 0 Å². The summed E-state index contributed by atoms with van der Waals surface area (Å²) in [6, 6.07) is 19.3. The van der Waals surface area contributed by atoms with Gasteiger partial charge in [0, 0.05) is 5.56 Å². The molecule has 0 aliphatic heterocycles. The summed E-state index contributed by atoms with van der Waals surface area (Å²) >= 11 is 0. The van der Waals surface area contributed by atoms with Crippen LogP contribution < -0.4 is 0 Å². The van der Waals surface area contributed by atoms with E-state index < -0.39 is 11.0 Å². The van der Waals surface area contributed by atoms with Crippen molar-refractivity contribution in [1.29, 1.82) is 0 Å². The molecule has 0 unspecified atom stereocenters. The minimum atomic E-state index is -0.539. The van der Waals surface area contributed by atoms with Crippen LogP contribution in [0.25, 0.3) is 21.5 Å². The van der Waals surface area contributed by atoms with Crippen LogP contribution in [0.3, 0.4) is 0 Å². The molecule has 1 aliphatic rings. The Morgan fingerprint density at radius 2 is 1.46 bits per heavy atom. The number of hydrogen-bond acceptors (Lipinski definition) is 2. The fourth-order valence-electron chi connectivity index (χ4n) is 4.49. The van der Waals surface area contributed by atoms with Crippen LogP contribution in [0.2, 0.25) is 0 Å². The summed E-state index contributed by atoms with van der Waals surface area (Å²) in [4.78, 5) is 13.2. The molecule has 1 fully saturated rings. The molecule has 2 heteroatoms. The Labute approximate surface area is 167 Å². The van der Waals surface area contributed by atoms with Gasteiger partial charge in [0.1, 0.15) is 5.60 Å². The molecule has 2 nitrogen and oxygen atoms in total. The van der Waals surface area contributed by atoms with Gasteiger partial charge in [0.2, 0.25) is 0 Å². The summed E-state index contributed by atoms with van der Waals surface area (Å²) in [6.07, 6.45) is 5.97. The minimum absolute atomic E-state index is 0.0751. The highest BCUT2D eigenvalue weighted by Crippen LogP contribution is 2.47. The Morgan fingerprint density at radius 1 is 0.929 bits per heavy atom. The van der Waals surface area contributed by atoms with Crippen molar-refractivity contribution in [3.8, 4) is 0 Å². The molecule has 4 rings (SSSR count). The molecule has 0 radical (unpaired) electrons. The molecule has 1 aliphatic carbocycles. The first-order valence-electron chi connectivity index (χ1n) is 10.6. The molecule has 0 spiro atoms. The van der Waals surface area contributed by atoms with Crippen LogP contribution in [0, 0.1) is 5.41 Å². The van der Waals surface area contributed by atoms with E-state index in [1.165, 1.54) is 33.5 Å². The standard InChI is InChI=1S/C26H30O2/c1-4-25(2,3)24(27)28-26(16-10-5-11-17-26)23-21-14-8-6-12-19(21)18-20-13-7-9-15-22(20)23/h6-9,12-15,18H,4-5,10-11,16-17H2,1-3H3. The highest BCUT2D eigenvalue weighted by molar-refractivity contribution is 6.03. The van der Waals surface area contributed by atoms with Gasteiger partial charge in [0.25, 0.3) is 0 Å². The van der Waals surface area contributed by atoms with Gasteiger partial charge in [-0.3, -0.25) is 4.79 Å². The molecule has 0 heterocycles. The first-order chi connectivity index (χ1) is 13.5. The van der Waals surface area contributed by atoms with E-state index in [2.05, 4.69) is 61.5 Å². The van der Waals surface area contributed by atoms with Gasteiger partial charge in [-0.2, -0.15) is 0 Å². The largest absolute Gasteiger partial charge is 0.454 e. The van der Waals surface area contributed by atoms with E-state index in [4.69, 9.17) is 4.74 Å². The normalized spacial score (nSPS) is 17.0. The Hall–Kier alpha value is -2.35. The summed E-state index contributed by atoms with van der Waals surface area (Å²) in [5.74, 6) is -0.0751. The van der Waals surface area contributed by atoms with Crippen LogP contribution in [0.15, 0.2) is 54.6 Å². The minimum Gasteiger partial charge on any atom is -0.454 e. The van der Waals surface area contributed by atoms with Crippen molar-refractivity contribution in [1.82, 2.24) is 0 Å². The van der Waals surface area contributed by atoms with Gasteiger partial charge in [-0.1, -0.05) is 61.9 Å². The lowest BCUT2D eigenvalue weighted by Crippen LogP contribution is -2.39. The SMILES string of the molecule is CCC(C)(C)C(=O)OC1(c2c3ccccc3cc3ccccc23)CCCCC1. The average Bonchev–Trinajstić information content (AvgIpc) is 2.72. The van der Waals surface area contributed by atoms with Crippen LogP contribution in [0.1, 0.15) is 64.9 Å². The number of benzene rings is 3. The number of rotatable bonds is 4. The van der Waals surface area contributed by atoms with E-state index in [-0.39, 0.29) is 5.97 Å². The van der Waals surface area contributed by atoms with E-state index in [0.29, 0.717) is 0 Å². The van der Waals surface area contributed by atoms with Crippen molar-refractivity contribution in [2.45, 2.75) is 64.9 Å². The molecule has 3 aromatic rings. The zero-order valence-corrected chi connectivity index (χ0v) is 17.3. The lowest BCUT2D eigenvalue weighted by Gasteiger charge is -2.40. The Bertz CT molecular complexity index is 955. The lowest BCUT2D eigenvalue weighted by molar-refractivity contribution is -0.175. The molecule has 0 bridgehead atoms. The van der Waals surface area contributed by atoms with Crippen LogP contribution in [-0.4, -0.2) is 5.97 Å². The first kappa shape index (κ1) is 19.0. The number of carbonyl (C=O) groups is 1. The van der Waals surface area contributed by atoms with Crippen molar-refractivity contribution < 1.29 is 9.53 Å². The average molecular weight is 375 g/mol. The van der Waals surface area contributed by atoms with E-state index >= 15 is 0 Å². The van der Waals surface area contributed by atoms with Gasteiger partial charge in [-0.05, 0) is 73.6 Å². The van der Waals surface area contributed by atoms with Crippen LogP contribution in [0.4, 0.5) is 0 Å². The molecule has 0 N–H and O–H groups in total. The Kier molecular flexibility index (Phi) is 4.91. The fraction of sp³-hybridized carbons (Fsp3) is 0.423. The first-order valence-corrected chi connectivity index (χ1v) is 10.6. The fourth-order valence-corrected chi connectivity index (χ4v) is 4.49.